The maximum absolute atomic E-state index is 13.0. The van der Waals surface area contributed by atoms with Gasteiger partial charge in [0.05, 0.1) is 16.8 Å². The van der Waals surface area contributed by atoms with Crippen LogP contribution < -0.4 is 5.32 Å². The van der Waals surface area contributed by atoms with Gasteiger partial charge in [-0.3, -0.25) is 14.4 Å². The third-order valence-corrected chi connectivity index (χ3v) is 4.75. The Bertz CT molecular complexity index is 892. The maximum Gasteiger partial charge on any atom is 0.225 e. The van der Waals surface area contributed by atoms with Crippen LogP contribution in [0.5, 0.6) is 0 Å². The van der Waals surface area contributed by atoms with E-state index in [0.717, 1.165) is 0 Å². The monoisotopic (exact) mass is 405 g/mol. The number of carbonyl (C=O) groups is 3. The highest BCUT2D eigenvalue weighted by Crippen LogP contribution is 2.38. The van der Waals surface area contributed by atoms with Crippen molar-refractivity contribution in [3.05, 3.63) is 62.6 Å². The molecule has 0 unspecified atom stereocenters. The minimum Gasteiger partial charge on any atom is -0.325 e. The molecule has 122 valence electrons. The number of alkyl halides is 1. The lowest BCUT2D eigenvalue weighted by Gasteiger charge is -2.23. The van der Waals surface area contributed by atoms with Gasteiger partial charge in [-0.15, -0.1) is 11.6 Å². The second kappa shape index (κ2) is 6.49. The van der Waals surface area contributed by atoms with Crippen LogP contribution >= 0.6 is 27.5 Å². The zero-order valence-corrected chi connectivity index (χ0v) is 15.1. The molecule has 0 atom stereocenters. The lowest BCUT2D eigenvalue weighted by molar-refractivity contribution is -0.115. The molecule has 2 aromatic carbocycles. The van der Waals surface area contributed by atoms with Gasteiger partial charge in [0, 0.05) is 27.9 Å². The zero-order chi connectivity index (χ0) is 17.4. The van der Waals surface area contributed by atoms with Crippen molar-refractivity contribution >= 4 is 50.7 Å². The van der Waals surface area contributed by atoms with Crippen molar-refractivity contribution in [1.82, 2.24) is 0 Å². The zero-order valence-electron chi connectivity index (χ0n) is 12.8. The number of benzene rings is 2. The summed E-state index contributed by atoms with van der Waals surface area (Å²) in [5.41, 5.74) is 2.30. The highest BCUT2D eigenvalue weighted by atomic mass is 79.9. The van der Waals surface area contributed by atoms with Gasteiger partial charge in [0.1, 0.15) is 0 Å². The molecule has 0 fully saturated rings. The standard InChI is InChI=1S/C18H13BrClNO3/c1-9-8-12(19)14-15(16(9)21-13(22)6-7-20)18(24)11-5-3-2-4-10(11)17(14)23/h2-5,8H,6-7H2,1H3,(H,21,22). The minimum absolute atomic E-state index is 0.130. The first kappa shape index (κ1) is 16.9. The van der Waals surface area contributed by atoms with Crippen molar-refractivity contribution in [2.45, 2.75) is 13.3 Å². The highest BCUT2D eigenvalue weighted by molar-refractivity contribution is 9.10. The van der Waals surface area contributed by atoms with E-state index < -0.39 is 0 Å². The Morgan fingerprint density at radius 3 is 2.29 bits per heavy atom. The second-order valence-electron chi connectivity index (χ2n) is 5.49. The predicted octanol–water partition coefficient (Wildman–Crippen LogP) is 4.10. The average molecular weight is 407 g/mol. The average Bonchev–Trinajstić information content (AvgIpc) is 2.55. The van der Waals surface area contributed by atoms with Gasteiger partial charge >= 0.3 is 0 Å². The molecule has 0 spiro atoms. The summed E-state index contributed by atoms with van der Waals surface area (Å²) in [5, 5.41) is 2.73. The fourth-order valence-electron chi connectivity index (χ4n) is 2.82. The van der Waals surface area contributed by atoms with Gasteiger partial charge in [-0.2, -0.15) is 0 Å². The minimum atomic E-state index is -0.295. The van der Waals surface area contributed by atoms with Gasteiger partial charge in [-0.1, -0.05) is 24.3 Å². The van der Waals surface area contributed by atoms with Crippen LogP contribution in [-0.4, -0.2) is 23.4 Å². The molecule has 0 heterocycles. The van der Waals surface area contributed by atoms with Gasteiger partial charge in [0.15, 0.2) is 11.6 Å². The van der Waals surface area contributed by atoms with Gasteiger partial charge in [0.2, 0.25) is 5.91 Å². The van der Waals surface area contributed by atoms with Crippen LogP contribution in [0.15, 0.2) is 34.8 Å². The number of halogens is 2. The third-order valence-electron chi connectivity index (χ3n) is 3.93. The summed E-state index contributed by atoms with van der Waals surface area (Å²) in [6, 6.07) is 8.43. The van der Waals surface area contributed by atoms with E-state index in [4.69, 9.17) is 11.6 Å². The number of hydrogen-bond donors (Lipinski definition) is 1. The van der Waals surface area contributed by atoms with Crippen LogP contribution in [0.4, 0.5) is 5.69 Å². The van der Waals surface area contributed by atoms with Crippen LogP contribution in [0.2, 0.25) is 0 Å². The fourth-order valence-corrected chi connectivity index (χ4v) is 3.72. The predicted molar refractivity (Wildman–Crippen MR) is 96.2 cm³/mol. The van der Waals surface area contributed by atoms with E-state index in [0.29, 0.717) is 26.9 Å². The first-order valence-corrected chi connectivity index (χ1v) is 8.65. The number of ketones is 2. The molecule has 0 aliphatic heterocycles. The van der Waals surface area contributed by atoms with Crippen molar-refractivity contribution in [1.29, 1.82) is 0 Å². The SMILES string of the molecule is Cc1cc(Br)c2c(c1NC(=O)CCCl)C(=O)c1ccccc1C2=O. The molecule has 6 heteroatoms. The number of fused-ring (bicyclic) bond motifs is 2. The van der Waals surface area contributed by atoms with Crippen molar-refractivity contribution in [2.24, 2.45) is 0 Å². The molecule has 4 nitrogen and oxygen atoms in total. The number of anilines is 1. The molecule has 1 aliphatic carbocycles. The molecular weight excluding hydrogens is 394 g/mol. The molecule has 1 aliphatic rings. The van der Waals surface area contributed by atoms with Crippen LogP contribution in [0.3, 0.4) is 0 Å². The topological polar surface area (TPSA) is 63.2 Å². The number of amides is 1. The van der Waals surface area contributed by atoms with E-state index in [1.54, 1.807) is 37.3 Å². The summed E-state index contributed by atoms with van der Waals surface area (Å²) in [7, 11) is 0. The largest absolute Gasteiger partial charge is 0.325 e. The summed E-state index contributed by atoms with van der Waals surface area (Å²) in [6.07, 6.45) is 0.130. The lowest BCUT2D eigenvalue weighted by atomic mass is 9.82. The lowest BCUT2D eigenvalue weighted by Crippen LogP contribution is -2.25. The molecule has 2 aromatic rings. The van der Waals surface area contributed by atoms with Crippen LogP contribution in [-0.2, 0) is 4.79 Å². The summed E-state index contributed by atoms with van der Waals surface area (Å²) >= 11 is 8.98. The van der Waals surface area contributed by atoms with Crippen LogP contribution in [0, 0.1) is 6.92 Å². The number of hydrogen-bond acceptors (Lipinski definition) is 3. The first-order valence-electron chi connectivity index (χ1n) is 7.33. The van der Waals surface area contributed by atoms with E-state index in [2.05, 4.69) is 21.2 Å². The van der Waals surface area contributed by atoms with Crippen molar-refractivity contribution in [3.63, 3.8) is 0 Å². The smallest absolute Gasteiger partial charge is 0.225 e. The molecule has 1 amide bonds. The van der Waals surface area contributed by atoms with E-state index in [1.165, 1.54) is 0 Å². The summed E-state index contributed by atoms with van der Waals surface area (Å²) in [5.74, 6) is -0.623. The molecule has 0 saturated heterocycles. The quantitative estimate of drug-likeness (QED) is 0.666. The van der Waals surface area contributed by atoms with E-state index in [-0.39, 0.29) is 40.9 Å². The number of carbonyl (C=O) groups excluding carboxylic acids is 3. The second-order valence-corrected chi connectivity index (χ2v) is 6.72. The van der Waals surface area contributed by atoms with E-state index in [1.807, 2.05) is 0 Å². The van der Waals surface area contributed by atoms with Gasteiger partial charge in [-0.25, -0.2) is 0 Å². The van der Waals surface area contributed by atoms with E-state index in [9.17, 15) is 14.4 Å². The Labute approximate surface area is 152 Å². The molecule has 0 bridgehead atoms. The Hall–Kier alpha value is -1.98. The Kier molecular flexibility index (Phi) is 4.56. The number of nitrogens with one attached hydrogen (secondary N) is 1. The first-order chi connectivity index (χ1) is 11.5. The molecule has 0 saturated carbocycles. The Morgan fingerprint density at radius 2 is 1.71 bits per heavy atom. The van der Waals surface area contributed by atoms with Crippen LogP contribution in [0.1, 0.15) is 43.8 Å². The van der Waals surface area contributed by atoms with Gasteiger partial charge < -0.3 is 5.32 Å². The van der Waals surface area contributed by atoms with Crippen LogP contribution in [0.25, 0.3) is 0 Å². The highest BCUT2D eigenvalue weighted by Gasteiger charge is 2.34. The maximum atomic E-state index is 13.0. The van der Waals surface area contributed by atoms with Crippen molar-refractivity contribution in [3.8, 4) is 0 Å². The van der Waals surface area contributed by atoms with Gasteiger partial charge in [0.25, 0.3) is 0 Å². The van der Waals surface area contributed by atoms with Gasteiger partial charge in [-0.05, 0) is 34.5 Å². The summed E-state index contributed by atoms with van der Waals surface area (Å²) < 4.78 is 0.540. The third kappa shape index (κ3) is 2.68. The number of aryl methyl sites for hydroxylation is 1. The molecule has 0 aromatic heterocycles. The molecule has 3 rings (SSSR count). The summed E-state index contributed by atoms with van der Waals surface area (Å²) in [4.78, 5) is 37.8. The number of rotatable bonds is 3. The van der Waals surface area contributed by atoms with Crippen molar-refractivity contribution in [2.75, 3.05) is 11.2 Å². The molecule has 24 heavy (non-hydrogen) atoms. The van der Waals surface area contributed by atoms with Crippen molar-refractivity contribution < 1.29 is 14.4 Å². The van der Waals surface area contributed by atoms with E-state index >= 15 is 0 Å². The fraction of sp³-hybridized carbons (Fsp3) is 0.167. The molecule has 1 N–H and O–H groups in total. The Morgan fingerprint density at radius 1 is 1.12 bits per heavy atom. The molecule has 0 radical (unpaired) electrons. The Balaban J connectivity index is 2.24. The molecular formula is C18H13BrClNO3. The summed E-state index contributed by atoms with van der Waals surface area (Å²) in [6.45, 7) is 1.78. The normalized spacial score (nSPS) is 12.6.